The minimum absolute atomic E-state index is 0.0490. The first-order valence-electron chi connectivity index (χ1n) is 8.46. The molecule has 14 nitrogen and oxygen atoms in total. The van der Waals surface area contributed by atoms with E-state index in [1.165, 1.54) is 6.33 Å². The molecule has 2 heterocycles. The number of thioether (sulfide) groups is 1. The summed E-state index contributed by atoms with van der Waals surface area (Å²) in [4.78, 5) is 57.7. The molecule has 162 valence electrons. The number of nitrogens with two attached hydrogens (primary N) is 1. The number of nitrogens with one attached hydrogen (secondary N) is 2. The fourth-order valence-corrected chi connectivity index (χ4v) is 3.18. The van der Waals surface area contributed by atoms with E-state index < -0.39 is 42.4 Å². The molecule has 0 aromatic rings. The lowest BCUT2D eigenvalue weighted by molar-refractivity contribution is -0.139. The Balaban J connectivity index is 2.05. The van der Waals surface area contributed by atoms with Gasteiger partial charge in [-0.3, -0.25) is 19.2 Å². The van der Waals surface area contributed by atoms with Gasteiger partial charge in [0.1, 0.15) is 42.0 Å². The van der Waals surface area contributed by atoms with E-state index in [1.54, 1.807) is 0 Å². The van der Waals surface area contributed by atoms with Crippen LogP contribution >= 0.6 is 11.8 Å². The molecule has 2 aliphatic rings. The highest BCUT2D eigenvalue weighted by molar-refractivity contribution is 7.99. The minimum atomic E-state index is -1.26. The van der Waals surface area contributed by atoms with Crippen LogP contribution in [0.25, 0.3) is 11.5 Å². The number of aromatic nitrogens is 4. The third-order valence-electron chi connectivity index (χ3n) is 3.73. The molecule has 7 N–H and O–H groups in total. The minimum Gasteiger partial charge on any atom is -0.480 e. The Morgan fingerprint density at radius 2 is 1.93 bits per heavy atom. The van der Waals surface area contributed by atoms with Crippen molar-refractivity contribution in [2.45, 2.75) is 30.0 Å². The number of hydrogen-bond acceptors (Lipinski definition) is 10. The number of rotatable bonds is 11. The van der Waals surface area contributed by atoms with Gasteiger partial charge in [-0.2, -0.15) is 4.73 Å². The molecule has 2 rings (SSSR count). The van der Waals surface area contributed by atoms with Gasteiger partial charge in [-0.1, -0.05) is 0 Å². The lowest BCUT2D eigenvalue weighted by Gasteiger charge is -2.18. The molecule has 0 aromatic heterocycles. The van der Waals surface area contributed by atoms with Crippen molar-refractivity contribution in [3.63, 3.8) is 0 Å². The molecule has 0 bridgehead atoms. The summed E-state index contributed by atoms with van der Waals surface area (Å²) >= 11 is 1.03. The van der Waals surface area contributed by atoms with Crippen LogP contribution < -0.4 is 16.4 Å². The number of carbonyl (C=O) groups excluding carboxylic acids is 2. The van der Waals surface area contributed by atoms with Gasteiger partial charge in [-0.15, -0.1) is 11.8 Å². The Morgan fingerprint density at radius 3 is 2.60 bits per heavy atom. The van der Waals surface area contributed by atoms with Crippen molar-refractivity contribution in [1.29, 1.82) is 0 Å². The van der Waals surface area contributed by atoms with Gasteiger partial charge >= 0.3 is 11.9 Å². The summed E-state index contributed by atoms with van der Waals surface area (Å²) in [6.45, 7) is -0.646. The van der Waals surface area contributed by atoms with E-state index in [0.717, 1.165) is 18.1 Å². The topological polar surface area (TPSA) is 223 Å². The summed E-state index contributed by atoms with van der Waals surface area (Å²) in [6.07, 6.45) is 1.92. The third kappa shape index (κ3) is 6.28. The Morgan fingerprint density at radius 1 is 1.20 bits per heavy atom. The molecule has 2 amide bonds. The number of carboxylic acid groups (broad SMARTS) is 2. The maximum absolute atomic E-state index is 12.3. The lowest BCUT2D eigenvalue weighted by Crippen LogP contribution is -2.49. The maximum atomic E-state index is 12.3. The smallest absolute Gasteiger partial charge is 0.322 e. The zero-order chi connectivity index (χ0) is 22.3. The van der Waals surface area contributed by atoms with Crippen molar-refractivity contribution in [3.8, 4) is 11.5 Å². The summed E-state index contributed by atoms with van der Waals surface area (Å²) in [7, 11) is 0. The van der Waals surface area contributed by atoms with E-state index in [4.69, 9.17) is 15.9 Å². The van der Waals surface area contributed by atoms with Crippen molar-refractivity contribution >= 4 is 35.5 Å². The molecule has 0 aromatic carbocycles. The molecule has 0 spiro atoms. The van der Waals surface area contributed by atoms with Crippen LogP contribution in [0.3, 0.4) is 0 Å². The van der Waals surface area contributed by atoms with Crippen LogP contribution in [-0.2, 0) is 19.2 Å². The van der Waals surface area contributed by atoms with Crippen molar-refractivity contribution in [1.82, 2.24) is 30.3 Å². The van der Waals surface area contributed by atoms with Crippen LogP contribution in [0.4, 0.5) is 0 Å². The van der Waals surface area contributed by atoms with Gasteiger partial charge in [0, 0.05) is 12.2 Å². The molecular weight excluding hydrogens is 422 g/mol. The second-order valence-corrected chi connectivity index (χ2v) is 6.97. The number of hydrogen-bond donors (Lipinski definition) is 6. The van der Waals surface area contributed by atoms with E-state index in [2.05, 4.69) is 25.6 Å². The van der Waals surface area contributed by atoms with E-state index in [9.17, 15) is 24.4 Å². The van der Waals surface area contributed by atoms with Crippen molar-refractivity contribution in [3.05, 3.63) is 12.7 Å². The molecule has 1 unspecified atom stereocenters. The van der Waals surface area contributed by atoms with Crippen molar-refractivity contribution in [2.75, 3.05) is 12.3 Å². The highest BCUT2D eigenvalue weighted by Gasteiger charge is 2.25. The van der Waals surface area contributed by atoms with E-state index in [0.29, 0.717) is 9.76 Å². The van der Waals surface area contributed by atoms with Crippen molar-refractivity contribution < 1.29 is 34.6 Å². The number of nitrogens with zero attached hydrogens (tertiary/aromatic N) is 4. The lowest BCUT2D eigenvalue weighted by atomic mass is 10.1. The largest absolute Gasteiger partial charge is 0.480 e. The third-order valence-corrected chi connectivity index (χ3v) is 4.81. The summed E-state index contributed by atoms with van der Waals surface area (Å²) in [5.41, 5.74) is 5.63. The Labute approximate surface area is 173 Å². The van der Waals surface area contributed by atoms with Crippen LogP contribution in [-0.4, -0.2) is 83.2 Å². The van der Waals surface area contributed by atoms with E-state index >= 15 is 0 Å². The highest BCUT2D eigenvalue weighted by Crippen LogP contribution is 2.27. The molecule has 15 heteroatoms. The summed E-state index contributed by atoms with van der Waals surface area (Å²) in [5.74, 6) is -3.81. The Bertz CT molecular complexity index is 905. The zero-order valence-corrected chi connectivity index (χ0v) is 16.2. The SMILES string of the molecule is N[C@@H](CCC(=O)NC(CSc1ncn(O)c2ncnc1-2)C(=O)NCC(=O)O)C(=O)O. The normalized spacial score (nSPS) is 12.8. The average Bonchev–Trinajstić information content (AvgIpc) is 3.19. The number of aliphatic carboxylic acids is 2. The standard InChI is InChI=1S/C15H19N7O7S/c16-7(15(27)28)1-2-9(23)21-8(13(26)17-3-10(24)25)4-30-14-11-12(19-5-18-11)22(29)6-20-14/h5-8,29H,1-4,16H2,(H,17,26)(H,21,23)(H,24,25)(H,27,28)/t7-,8?/m0/s1. The van der Waals surface area contributed by atoms with Gasteiger partial charge in [0.15, 0.2) is 5.82 Å². The molecule has 0 aliphatic carbocycles. The number of amides is 2. The number of fused-ring (bicyclic) bond motifs is 1. The van der Waals surface area contributed by atoms with Gasteiger partial charge in [0.05, 0.1) is 0 Å². The van der Waals surface area contributed by atoms with Gasteiger partial charge in [-0.25, -0.2) is 15.0 Å². The van der Waals surface area contributed by atoms with Crippen LogP contribution in [0.2, 0.25) is 0 Å². The monoisotopic (exact) mass is 441 g/mol. The molecule has 2 aliphatic heterocycles. The van der Waals surface area contributed by atoms with Crippen LogP contribution in [0.1, 0.15) is 12.8 Å². The predicted octanol–water partition coefficient (Wildman–Crippen LogP) is -2.01. The quantitative estimate of drug-likeness (QED) is 0.126. The number of carboxylic acids is 2. The molecule has 30 heavy (non-hydrogen) atoms. The first kappa shape index (κ1) is 22.8. The van der Waals surface area contributed by atoms with Gasteiger partial charge in [-0.05, 0) is 6.42 Å². The Kier molecular flexibility index (Phi) is 7.88. The highest BCUT2D eigenvalue weighted by atomic mass is 32.2. The summed E-state index contributed by atoms with van der Waals surface area (Å²) < 4.78 is 0.677. The fraction of sp³-hybridized carbons (Fsp3) is 0.400. The second-order valence-electron chi connectivity index (χ2n) is 5.97. The molecule has 0 saturated heterocycles. The second kappa shape index (κ2) is 10.4. The molecule has 0 fully saturated rings. The van der Waals surface area contributed by atoms with E-state index in [-0.39, 0.29) is 30.1 Å². The van der Waals surface area contributed by atoms with E-state index in [1.807, 2.05) is 0 Å². The molecule has 0 saturated carbocycles. The first-order chi connectivity index (χ1) is 14.2. The zero-order valence-electron chi connectivity index (χ0n) is 15.4. The molecular formula is C15H19N7O7S. The fourth-order valence-electron chi connectivity index (χ4n) is 2.21. The van der Waals surface area contributed by atoms with Crippen LogP contribution in [0.15, 0.2) is 17.7 Å². The van der Waals surface area contributed by atoms with Crippen LogP contribution in [0, 0.1) is 0 Å². The van der Waals surface area contributed by atoms with Gasteiger partial charge < -0.3 is 31.8 Å². The maximum Gasteiger partial charge on any atom is 0.322 e. The number of carbonyl (C=O) groups is 4. The Hall–Kier alpha value is -3.46. The average molecular weight is 441 g/mol. The van der Waals surface area contributed by atoms with Crippen LogP contribution in [0.5, 0.6) is 0 Å². The first-order valence-corrected chi connectivity index (χ1v) is 9.45. The molecule has 0 radical (unpaired) electrons. The number of imidazole rings is 1. The van der Waals surface area contributed by atoms with Gasteiger partial charge in [0.25, 0.3) is 0 Å². The molecule has 2 atom stereocenters. The summed E-state index contributed by atoms with van der Waals surface area (Å²) in [5, 5.41) is 32.1. The predicted molar refractivity (Wildman–Crippen MR) is 99.8 cm³/mol. The summed E-state index contributed by atoms with van der Waals surface area (Å²) in [6, 6.07) is -2.38. The van der Waals surface area contributed by atoms with Crippen molar-refractivity contribution in [2.24, 2.45) is 5.73 Å². The van der Waals surface area contributed by atoms with Gasteiger partial charge in [0.2, 0.25) is 11.8 Å².